The van der Waals surface area contributed by atoms with Crippen molar-refractivity contribution in [2.45, 2.75) is 25.6 Å². The number of hydrazone groups is 1. The Kier molecular flexibility index (Phi) is 6.36. The van der Waals surface area contributed by atoms with Crippen molar-refractivity contribution in [3.8, 4) is 0 Å². The molecule has 0 radical (unpaired) electrons. The number of aliphatic carboxylic acids is 1. The second-order valence-electron chi connectivity index (χ2n) is 5.63. The SMILES string of the molecule is CCC(C(=O)[O-])C1(CC=NNc2ccc([N+](=O)[O-])cc2[N+](=O)[O-])OCCO1. The van der Waals surface area contributed by atoms with Crippen molar-refractivity contribution in [1.29, 1.82) is 0 Å². The Labute approximate surface area is 153 Å². The van der Waals surface area contributed by atoms with Gasteiger partial charge >= 0.3 is 5.69 Å². The normalized spacial score (nSPS) is 16.9. The number of nitro benzene ring substituents is 2. The van der Waals surface area contributed by atoms with Crippen LogP contribution in [0, 0.1) is 26.1 Å². The molecule has 1 aromatic carbocycles. The van der Waals surface area contributed by atoms with Crippen molar-refractivity contribution in [1.82, 2.24) is 0 Å². The molecule has 0 aromatic heterocycles. The predicted molar refractivity (Wildman–Crippen MR) is 89.9 cm³/mol. The van der Waals surface area contributed by atoms with Crippen LogP contribution in [-0.2, 0) is 14.3 Å². The second-order valence-corrected chi connectivity index (χ2v) is 5.63. The lowest BCUT2D eigenvalue weighted by atomic mass is 9.93. The van der Waals surface area contributed by atoms with Gasteiger partial charge < -0.3 is 19.4 Å². The summed E-state index contributed by atoms with van der Waals surface area (Å²) in [6.45, 7) is 2.10. The minimum absolute atomic E-state index is 0.0345. The molecule has 1 fully saturated rings. The number of rotatable bonds is 9. The van der Waals surface area contributed by atoms with Gasteiger partial charge in [-0.15, -0.1) is 0 Å². The number of nitrogens with one attached hydrogen (secondary N) is 1. The molecule has 1 aliphatic heterocycles. The molecule has 0 saturated carbocycles. The molecule has 1 saturated heterocycles. The Balaban J connectivity index is 2.14. The highest BCUT2D eigenvalue weighted by Gasteiger charge is 2.43. The van der Waals surface area contributed by atoms with E-state index in [-0.39, 0.29) is 31.7 Å². The van der Waals surface area contributed by atoms with E-state index in [0.717, 1.165) is 18.2 Å². The van der Waals surface area contributed by atoms with Crippen LogP contribution in [0.5, 0.6) is 0 Å². The summed E-state index contributed by atoms with van der Waals surface area (Å²) in [5.74, 6) is -3.74. The van der Waals surface area contributed by atoms with Gasteiger partial charge in [0.05, 0.1) is 35.0 Å². The van der Waals surface area contributed by atoms with Gasteiger partial charge in [-0.25, -0.2) is 0 Å². The van der Waals surface area contributed by atoms with Crippen LogP contribution in [-0.4, -0.2) is 41.0 Å². The van der Waals surface area contributed by atoms with Crippen LogP contribution in [0.3, 0.4) is 0 Å². The van der Waals surface area contributed by atoms with Crippen molar-refractivity contribution < 1.29 is 29.2 Å². The third-order valence-corrected chi connectivity index (χ3v) is 4.04. The zero-order valence-electron chi connectivity index (χ0n) is 14.3. The molecule has 0 amide bonds. The molecule has 0 bridgehead atoms. The number of anilines is 1. The third-order valence-electron chi connectivity index (χ3n) is 4.04. The minimum Gasteiger partial charge on any atom is -0.550 e. The van der Waals surface area contributed by atoms with Crippen molar-refractivity contribution in [3.63, 3.8) is 0 Å². The fraction of sp³-hybridized carbons (Fsp3) is 0.467. The summed E-state index contributed by atoms with van der Waals surface area (Å²) in [5.41, 5.74) is 1.41. The van der Waals surface area contributed by atoms with Gasteiger partial charge in [-0.05, 0) is 12.5 Å². The van der Waals surface area contributed by atoms with Crippen LogP contribution >= 0.6 is 0 Å². The van der Waals surface area contributed by atoms with Crippen LogP contribution in [0.2, 0.25) is 0 Å². The summed E-state index contributed by atoms with van der Waals surface area (Å²) in [7, 11) is 0. The van der Waals surface area contributed by atoms with E-state index in [2.05, 4.69) is 10.5 Å². The number of nitrogens with zero attached hydrogens (tertiary/aromatic N) is 3. The maximum absolute atomic E-state index is 11.3. The van der Waals surface area contributed by atoms with E-state index < -0.39 is 38.9 Å². The largest absolute Gasteiger partial charge is 0.550 e. The molecule has 27 heavy (non-hydrogen) atoms. The minimum atomic E-state index is -1.42. The molecule has 12 nitrogen and oxygen atoms in total. The topological polar surface area (TPSA) is 169 Å². The van der Waals surface area contributed by atoms with E-state index in [1.807, 2.05) is 0 Å². The van der Waals surface area contributed by atoms with Crippen LogP contribution < -0.4 is 10.5 Å². The molecule has 12 heteroatoms. The standard InChI is InChI=1S/C15H18N4O8/c1-2-11(14(20)21)15(26-7-8-27-15)5-6-16-17-12-4-3-10(18(22)23)9-13(12)19(24)25/h3-4,6,9,11,17H,2,5,7-8H2,1H3,(H,20,21)/p-1. The molecular formula is C15H17N4O8-. The molecule has 146 valence electrons. The van der Waals surface area contributed by atoms with E-state index in [9.17, 15) is 30.1 Å². The number of carboxylic acid groups (broad SMARTS) is 1. The number of hydrogen-bond acceptors (Lipinski definition) is 10. The van der Waals surface area contributed by atoms with E-state index >= 15 is 0 Å². The molecule has 1 N–H and O–H groups in total. The smallest absolute Gasteiger partial charge is 0.301 e. The number of carbonyl (C=O) groups is 1. The maximum atomic E-state index is 11.3. The first-order valence-corrected chi connectivity index (χ1v) is 8.00. The van der Waals surface area contributed by atoms with E-state index in [1.165, 1.54) is 6.21 Å². The average Bonchev–Trinajstić information content (AvgIpc) is 3.08. The lowest BCUT2D eigenvalue weighted by molar-refractivity contribution is -0.393. The van der Waals surface area contributed by atoms with Gasteiger partial charge in [-0.3, -0.25) is 25.7 Å². The van der Waals surface area contributed by atoms with Crippen molar-refractivity contribution >= 4 is 29.2 Å². The van der Waals surface area contributed by atoms with Gasteiger partial charge in [0.15, 0.2) is 5.79 Å². The molecular weight excluding hydrogens is 364 g/mol. The number of carboxylic acids is 1. The van der Waals surface area contributed by atoms with Gasteiger partial charge in [0.2, 0.25) is 0 Å². The van der Waals surface area contributed by atoms with E-state index in [4.69, 9.17) is 9.47 Å². The fourth-order valence-corrected chi connectivity index (χ4v) is 2.76. The average molecular weight is 381 g/mol. The van der Waals surface area contributed by atoms with Gasteiger partial charge in [-0.1, -0.05) is 6.92 Å². The number of non-ortho nitro benzene ring substituents is 1. The molecule has 1 heterocycles. The first-order valence-electron chi connectivity index (χ1n) is 8.00. The molecule has 1 atom stereocenters. The summed E-state index contributed by atoms with van der Waals surface area (Å²) in [5, 5.41) is 36.9. The van der Waals surface area contributed by atoms with Crippen LogP contribution in [0.4, 0.5) is 17.1 Å². The number of benzene rings is 1. The Morgan fingerprint density at radius 2 is 2.00 bits per heavy atom. The third kappa shape index (κ3) is 4.54. The first kappa shape index (κ1) is 20.2. The molecule has 1 aliphatic rings. The lowest BCUT2D eigenvalue weighted by Gasteiger charge is -2.34. The van der Waals surface area contributed by atoms with Crippen LogP contribution in [0.25, 0.3) is 0 Å². The van der Waals surface area contributed by atoms with E-state index in [0.29, 0.717) is 0 Å². The van der Waals surface area contributed by atoms with Crippen molar-refractivity contribution in [3.05, 3.63) is 38.4 Å². The number of nitro groups is 2. The highest BCUT2D eigenvalue weighted by atomic mass is 16.7. The fourth-order valence-electron chi connectivity index (χ4n) is 2.76. The van der Waals surface area contributed by atoms with Crippen molar-refractivity contribution in [2.24, 2.45) is 11.0 Å². The Bertz CT molecular complexity index is 760. The summed E-state index contributed by atoms with van der Waals surface area (Å²) in [6, 6.07) is 3.06. The highest BCUT2D eigenvalue weighted by molar-refractivity contribution is 5.71. The van der Waals surface area contributed by atoms with Crippen LogP contribution in [0.15, 0.2) is 23.3 Å². The Hall–Kier alpha value is -3.12. The zero-order chi connectivity index (χ0) is 20.0. The van der Waals surface area contributed by atoms with Gasteiger partial charge in [0, 0.05) is 24.7 Å². The molecule has 0 aliphatic carbocycles. The highest BCUT2D eigenvalue weighted by Crippen LogP contribution is 2.33. The lowest BCUT2D eigenvalue weighted by Crippen LogP contribution is -2.48. The summed E-state index contributed by atoms with van der Waals surface area (Å²) < 4.78 is 10.9. The molecule has 1 unspecified atom stereocenters. The number of carbonyl (C=O) groups excluding carboxylic acids is 1. The quantitative estimate of drug-likeness (QED) is 0.369. The number of ether oxygens (including phenoxy) is 2. The maximum Gasteiger partial charge on any atom is 0.301 e. The Morgan fingerprint density at radius 3 is 2.52 bits per heavy atom. The molecule has 2 rings (SSSR count). The Morgan fingerprint density at radius 1 is 1.33 bits per heavy atom. The van der Waals surface area contributed by atoms with Gasteiger partial charge in [-0.2, -0.15) is 5.10 Å². The predicted octanol–water partition coefficient (Wildman–Crippen LogP) is 0.810. The van der Waals surface area contributed by atoms with Crippen LogP contribution in [0.1, 0.15) is 19.8 Å². The van der Waals surface area contributed by atoms with Gasteiger partial charge in [0.25, 0.3) is 5.69 Å². The summed E-state index contributed by atoms with van der Waals surface area (Å²) >= 11 is 0. The summed E-state index contributed by atoms with van der Waals surface area (Å²) in [6.07, 6.45) is 1.45. The van der Waals surface area contributed by atoms with E-state index in [1.54, 1.807) is 6.92 Å². The van der Waals surface area contributed by atoms with Gasteiger partial charge in [0.1, 0.15) is 5.69 Å². The zero-order valence-corrected chi connectivity index (χ0v) is 14.3. The first-order chi connectivity index (χ1) is 12.8. The molecule has 1 aromatic rings. The second kappa shape index (κ2) is 8.51. The van der Waals surface area contributed by atoms with Crippen molar-refractivity contribution in [2.75, 3.05) is 18.6 Å². The summed E-state index contributed by atoms with van der Waals surface area (Å²) in [4.78, 5) is 31.6. The number of hydrogen-bond donors (Lipinski definition) is 1. The molecule has 0 spiro atoms. The monoisotopic (exact) mass is 381 g/mol.